The number of ether oxygens (including phenoxy) is 1. The minimum absolute atomic E-state index is 0.0450. The van der Waals surface area contributed by atoms with Crippen LogP contribution in [0.2, 0.25) is 0 Å². The maximum atomic E-state index is 12.8. The maximum absolute atomic E-state index is 12.8. The number of nitrogens with zero attached hydrogens (tertiary/aromatic N) is 2. The quantitative estimate of drug-likeness (QED) is 0.370. The average Bonchev–Trinajstić information content (AvgIpc) is 2.87. The van der Waals surface area contributed by atoms with E-state index in [4.69, 9.17) is 4.74 Å². The van der Waals surface area contributed by atoms with E-state index in [0.717, 1.165) is 29.6 Å². The fourth-order valence-electron chi connectivity index (χ4n) is 4.35. The topological polar surface area (TPSA) is 99.2 Å². The van der Waals surface area contributed by atoms with Gasteiger partial charge in [0.1, 0.15) is 5.75 Å². The summed E-state index contributed by atoms with van der Waals surface area (Å²) in [7, 11) is 1.88. The zero-order valence-electron chi connectivity index (χ0n) is 20.4. The molecule has 0 unspecified atom stereocenters. The van der Waals surface area contributed by atoms with Crippen LogP contribution in [-0.4, -0.2) is 72.0 Å². The molecule has 0 aliphatic carbocycles. The van der Waals surface area contributed by atoms with Crippen molar-refractivity contribution in [1.82, 2.24) is 9.80 Å². The van der Waals surface area contributed by atoms with Crippen molar-refractivity contribution in [1.29, 1.82) is 0 Å². The molecule has 0 radical (unpaired) electrons. The van der Waals surface area contributed by atoms with Gasteiger partial charge in [0.25, 0.3) is 0 Å². The summed E-state index contributed by atoms with van der Waals surface area (Å²) in [6.07, 6.45) is 1.64. The van der Waals surface area contributed by atoms with Crippen LogP contribution in [0.5, 0.6) is 5.75 Å². The molecule has 1 aliphatic rings. The van der Waals surface area contributed by atoms with Crippen LogP contribution in [0.15, 0.2) is 45.3 Å². The monoisotopic (exact) mass is 623 g/mol. The highest BCUT2D eigenvalue weighted by atomic mass is 79.9. The molecule has 1 saturated heterocycles. The van der Waals surface area contributed by atoms with Gasteiger partial charge < -0.3 is 25.0 Å². The van der Waals surface area contributed by atoms with Crippen molar-refractivity contribution in [2.45, 2.75) is 44.8 Å². The number of likely N-dealkylation sites (tertiary alicyclic amines) is 1. The zero-order chi connectivity index (χ0) is 26.2. The number of nitrogens with one attached hydrogen (secondary N) is 1. The summed E-state index contributed by atoms with van der Waals surface area (Å²) in [6, 6.07) is 11.5. The minimum atomic E-state index is -0.933. The number of anilines is 1. The van der Waals surface area contributed by atoms with Crippen molar-refractivity contribution in [2.24, 2.45) is 0 Å². The Kier molecular flexibility index (Phi) is 10.2. The molecular formula is C26H31Br2N3O5. The van der Waals surface area contributed by atoms with Crippen molar-refractivity contribution >= 4 is 55.8 Å². The predicted molar refractivity (Wildman–Crippen MR) is 145 cm³/mol. The van der Waals surface area contributed by atoms with Crippen molar-refractivity contribution in [3.05, 3.63) is 56.5 Å². The van der Waals surface area contributed by atoms with E-state index in [1.54, 1.807) is 17.0 Å². The first-order valence-corrected chi connectivity index (χ1v) is 13.4. The number of phenols is 1. The van der Waals surface area contributed by atoms with Gasteiger partial charge >= 0.3 is 6.09 Å². The predicted octanol–water partition coefficient (Wildman–Crippen LogP) is 4.76. The number of hydrogen-bond acceptors (Lipinski definition) is 6. The smallest absolute Gasteiger partial charge is 0.410 e. The second-order valence-corrected chi connectivity index (χ2v) is 10.5. The van der Waals surface area contributed by atoms with Crippen molar-refractivity contribution < 1.29 is 24.2 Å². The van der Waals surface area contributed by atoms with E-state index in [1.165, 1.54) is 6.92 Å². The standard InChI is InChI=1S/C26H31Br2N3O5/c1-17(33)24(15-18-13-21(27)25(34)22(28)14-18)36-26(35)30-11-8-20(9-12-30)31(16-32)10-7-19-5-3-4-6-23(19)29-2/h3-6,13-14,16,20,24,29,34H,7-12,15H2,1-2H3/t24-/m1/s1. The van der Waals surface area contributed by atoms with Crippen molar-refractivity contribution in [3.63, 3.8) is 0 Å². The lowest BCUT2D eigenvalue weighted by Gasteiger charge is -2.36. The molecule has 1 fully saturated rings. The number of carbonyl (C=O) groups excluding carboxylic acids is 3. The highest BCUT2D eigenvalue weighted by Crippen LogP contribution is 2.34. The summed E-state index contributed by atoms with van der Waals surface area (Å²) in [5.41, 5.74) is 2.93. The van der Waals surface area contributed by atoms with Gasteiger partial charge in [-0.1, -0.05) is 18.2 Å². The third kappa shape index (κ3) is 7.22. The molecule has 3 rings (SSSR count). The van der Waals surface area contributed by atoms with Crippen LogP contribution in [0.25, 0.3) is 0 Å². The van der Waals surface area contributed by atoms with Crippen molar-refractivity contribution in [3.8, 4) is 5.75 Å². The van der Waals surface area contributed by atoms with E-state index in [2.05, 4.69) is 43.2 Å². The third-order valence-corrected chi connectivity index (χ3v) is 7.66. The maximum Gasteiger partial charge on any atom is 0.410 e. The molecule has 2 aromatic carbocycles. The van der Waals surface area contributed by atoms with Crippen LogP contribution in [-0.2, 0) is 27.2 Å². The lowest BCUT2D eigenvalue weighted by atomic mass is 10.0. The summed E-state index contributed by atoms with van der Waals surface area (Å²) in [5.74, 6) is -0.193. The van der Waals surface area contributed by atoms with Gasteiger partial charge in [-0.05, 0) is 87.4 Å². The number of amides is 2. The van der Waals surface area contributed by atoms with Crippen molar-refractivity contribution in [2.75, 3.05) is 32.0 Å². The number of halogens is 2. The van der Waals surface area contributed by atoms with Gasteiger partial charge in [-0.15, -0.1) is 0 Å². The summed E-state index contributed by atoms with van der Waals surface area (Å²) in [6.45, 7) is 2.88. The molecule has 1 atom stereocenters. The van der Waals surface area contributed by atoms with E-state index in [9.17, 15) is 19.5 Å². The second-order valence-electron chi connectivity index (χ2n) is 8.81. The number of phenolic OH excluding ortho intramolecular Hbond substituents is 1. The van der Waals surface area contributed by atoms with Crippen LogP contribution in [0.1, 0.15) is 30.9 Å². The lowest BCUT2D eigenvalue weighted by Crippen LogP contribution is -2.48. The largest absolute Gasteiger partial charge is 0.506 e. The van der Waals surface area contributed by atoms with Crippen LogP contribution in [0.4, 0.5) is 10.5 Å². The van der Waals surface area contributed by atoms with Gasteiger partial charge in [-0.3, -0.25) is 9.59 Å². The molecule has 0 aromatic heterocycles. The van der Waals surface area contributed by atoms with Gasteiger partial charge in [0.05, 0.1) is 8.95 Å². The molecule has 1 aliphatic heterocycles. The SMILES string of the molecule is CNc1ccccc1CCN(C=O)C1CCN(C(=O)O[C@H](Cc2cc(Br)c(O)c(Br)c2)C(C)=O)CC1. The number of hydrogen-bond donors (Lipinski definition) is 2. The number of para-hydroxylation sites is 1. The van der Waals surface area contributed by atoms with E-state index in [-0.39, 0.29) is 24.0 Å². The van der Waals surface area contributed by atoms with Crippen LogP contribution < -0.4 is 5.32 Å². The molecule has 10 heteroatoms. The summed E-state index contributed by atoms with van der Waals surface area (Å²) in [4.78, 5) is 40.2. The Morgan fingerprint density at radius 2 is 1.86 bits per heavy atom. The highest BCUT2D eigenvalue weighted by Gasteiger charge is 2.30. The Hall–Kier alpha value is -2.59. The number of rotatable bonds is 10. The molecule has 0 saturated carbocycles. The fraction of sp³-hybridized carbons (Fsp3) is 0.423. The van der Waals surface area contributed by atoms with Gasteiger partial charge in [0.15, 0.2) is 11.9 Å². The second kappa shape index (κ2) is 13.1. The molecule has 2 amide bonds. The summed E-state index contributed by atoms with van der Waals surface area (Å²) < 4.78 is 6.54. The van der Waals surface area contributed by atoms with E-state index in [1.807, 2.05) is 30.1 Å². The third-order valence-electron chi connectivity index (χ3n) is 6.45. The first-order chi connectivity index (χ1) is 17.2. The number of ketones is 1. The normalized spacial score (nSPS) is 14.7. The molecule has 2 N–H and O–H groups in total. The first-order valence-electron chi connectivity index (χ1n) is 11.8. The lowest BCUT2D eigenvalue weighted by molar-refractivity contribution is -0.126. The van der Waals surface area contributed by atoms with Crippen LogP contribution >= 0.6 is 31.9 Å². The molecule has 1 heterocycles. The number of benzene rings is 2. The van der Waals surface area contributed by atoms with E-state index >= 15 is 0 Å². The average molecular weight is 625 g/mol. The number of piperidine rings is 1. The molecule has 36 heavy (non-hydrogen) atoms. The highest BCUT2D eigenvalue weighted by molar-refractivity contribution is 9.11. The Morgan fingerprint density at radius 1 is 1.22 bits per heavy atom. The van der Waals surface area contributed by atoms with Gasteiger partial charge in [-0.25, -0.2) is 4.79 Å². The summed E-state index contributed by atoms with van der Waals surface area (Å²) >= 11 is 6.56. The Balaban J connectivity index is 1.54. The number of Topliss-reactive ketones (excluding diaryl/α,β-unsaturated/α-hetero) is 1. The number of aromatic hydroxyl groups is 1. The Bertz CT molecular complexity index is 1070. The molecule has 194 valence electrons. The molecule has 0 spiro atoms. The Morgan fingerprint density at radius 3 is 2.44 bits per heavy atom. The van der Waals surface area contributed by atoms with Gasteiger partial charge in [-0.2, -0.15) is 0 Å². The molecule has 2 aromatic rings. The molecule has 8 nitrogen and oxygen atoms in total. The Labute approximate surface area is 228 Å². The van der Waals surface area contributed by atoms with E-state index < -0.39 is 12.2 Å². The summed E-state index contributed by atoms with van der Waals surface area (Å²) in [5, 5.41) is 13.1. The zero-order valence-corrected chi connectivity index (χ0v) is 23.5. The first kappa shape index (κ1) is 28.0. The fourth-order valence-corrected chi connectivity index (χ4v) is 5.63. The van der Waals surface area contributed by atoms with Crippen LogP contribution in [0, 0.1) is 0 Å². The molecule has 0 bridgehead atoms. The van der Waals surface area contributed by atoms with Crippen LogP contribution in [0.3, 0.4) is 0 Å². The molecular weight excluding hydrogens is 594 g/mol. The van der Waals surface area contributed by atoms with Gasteiger partial charge in [0.2, 0.25) is 6.41 Å². The van der Waals surface area contributed by atoms with Gasteiger partial charge in [0, 0.05) is 44.8 Å². The number of carbonyl (C=O) groups is 3. The van der Waals surface area contributed by atoms with E-state index in [0.29, 0.717) is 41.4 Å². The minimum Gasteiger partial charge on any atom is -0.506 e.